The van der Waals surface area contributed by atoms with Crippen LogP contribution in [0.1, 0.15) is 21.5 Å². The summed E-state index contributed by atoms with van der Waals surface area (Å²) in [7, 11) is 0. The van der Waals surface area contributed by atoms with Crippen molar-refractivity contribution in [2.75, 3.05) is 26.2 Å². The molecule has 5 nitrogen and oxygen atoms in total. The summed E-state index contributed by atoms with van der Waals surface area (Å²) >= 11 is 0. The van der Waals surface area contributed by atoms with Gasteiger partial charge in [-0.2, -0.15) is 0 Å². The van der Waals surface area contributed by atoms with Crippen LogP contribution in [0.2, 0.25) is 0 Å². The van der Waals surface area contributed by atoms with E-state index in [9.17, 15) is 9.59 Å². The van der Waals surface area contributed by atoms with Crippen molar-refractivity contribution in [3.8, 4) is 0 Å². The summed E-state index contributed by atoms with van der Waals surface area (Å²) in [4.78, 5) is 28.3. The Morgan fingerprint density at radius 2 is 1.74 bits per heavy atom. The Labute approximate surface area is 135 Å². The second kappa shape index (κ2) is 6.69. The zero-order valence-corrected chi connectivity index (χ0v) is 13.2. The van der Waals surface area contributed by atoms with Gasteiger partial charge in [0.15, 0.2) is 0 Å². The van der Waals surface area contributed by atoms with Crippen LogP contribution in [0.25, 0.3) is 0 Å². The van der Waals surface area contributed by atoms with Gasteiger partial charge in [-0.25, -0.2) is 0 Å². The maximum absolute atomic E-state index is 12.4. The van der Waals surface area contributed by atoms with Gasteiger partial charge >= 0.3 is 0 Å². The standard InChI is InChI=1S/C18H20N2O3/c1-14-4-2-3-5-15(14)12-17(21)19-7-9-20(10-8-19)18(22)16-6-11-23-13-16/h2-6,11,13H,7-10,12H2,1H3. The van der Waals surface area contributed by atoms with E-state index < -0.39 is 0 Å². The summed E-state index contributed by atoms with van der Waals surface area (Å²) in [5, 5.41) is 0. The van der Waals surface area contributed by atoms with E-state index in [2.05, 4.69) is 0 Å². The molecule has 1 aliphatic heterocycles. The molecule has 0 spiro atoms. The fraction of sp³-hybridized carbons (Fsp3) is 0.333. The number of carbonyl (C=O) groups is 2. The molecule has 2 aromatic rings. The first kappa shape index (κ1) is 15.3. The van der Waals surface area contributed by atoms with Crippen LogP contribution < -0.4 is 0 Å². The molecule has 1 fully saturated rings. The predicted molar refractivity (Wildman–Crippen MR) is 86.1 cm³/mol. The molecule has 120 valence electrons. The van der Waals surface area contributed by atoms with Crippen molar-refractivity contribution in [2.24, 2.45) is 0 Å². The van der Waals surface area contributed by atoms with E-state index in [0.717, 1.165) is 11.1 Å². The number of rotatable bonds is 3. The summed E-state index contributed by atoms with van der Waals surface area (Å²) in [5.74, 6) is 0.0828. The maximum atomic E-state index is 12.4. The summed E-state index contributed by atoms with van der Waals surface area (Å²) < 4.78 is 4.95. The van der Waals surface area contributed by atoms with Crippen molar-refractivity contribution in [1.29, 1.82) is 0 Å². The summed E-state index contributed by atoms with van der Waals surface area (Å²) in [6.07, 6.45) is 3.37. The van der Waals surface area contributed by atoms with Crippen molar-refractivity contribution in [3.05, 3.63) is 59.5 Å². The molecular weight excluding hydrogens is 292 g/mol. The highest BCUT2D eigenvalue weighted by atomic mass is 16.3. The maximum Gasteiger partial charge on any atom is 0.257 e. The van der Waals surface area contributed by atoms with Crippen LogP contribution in [0.15, 0.2) is 47.3 Å². The SMILES string of the molecule is Cc1ccccc1CC(=O)N1CCN(C(=O)c2ccoc2)CC1. The molecule has 0 saturated carbocycles. The lowest BCUT2D eigenvalue weighted by Crippen LogP contribution is -2.51. The number of hydrogen-bond acceptors (Lipinski definition) is 3. The molecule has 1 aromatic carbocycles. The monoisotopic (exact) mass is 312 g/mol. The molecule has 23 heavy (non-hydrogen) atoms. The first-order valence-corrected chi connectivity index (χ1v) is 7.79. The highest BCUT2D eigenvalue weighted by Gasteiger charge is 2.25. The molecule has 0 aliphatic carbocycles. The molecule has 1 saturated heterocycles. The number of furan rings is 1. The Morgan fingerprint density at radius 3 is 2.39 bits per heavy atom. The van der Waals surface area contributed by atoms with Gasteiger partial charge in [0.1, 0.15) is 6.26 Å². The van der Waals surface area contributed by atoms with Crippen LogP contribution in [0.3, 0.4) is 0 Å². The van der Waals surface area contributed by atoms with Crippen LogP contribution >= 0.6 is 0 Å². The molecule has 0 N–H and O–H groups in total. The van der Waals surface area contributed by atoms with Gasteiger partial charge in [0, 0.05) is 26.2 Å². The highest BCUT2D eigenvalue weighted by Crippen LogP contribution is 2.13. The van der Waals surface area contributed by atoms with E-state index in [1.807, 2.05) is 36.1 Å². The molecule has 0 unspecified atom stereocenters. The van der Waals surface area contributed by atoms with Crippen LogP contribution in [-0.4, -0.2) is 47.8 Å². The van der Waals surface area contributed by atoms with Crippen LogP contribution in [0.4, 0.5) is 0 Å². The van der Waals surface area contributed by atoms with Crippen molar-refractivity contribution >= 4 is 11.8 Å². The molecule has 2 heterocycles. The topological polar surface area (TPSA) is 53.8 Å². The molecule has 0 atom stereocenters. The lowest BCUT2D eigenvalue weighted by Gasteiger charge is -2.34. The largest absolute Gasteiger partial charge is 0.472 e. The first-order valence-electron chi connectivity index (χ1n) is 7.79. The van der Waals surface area contributed by atoms with Crippen molar-refractivity contribution < 1.29 is 14.0 Å². The minimum Gasteiger partial charge on any atom is -0.472 e. The van der Waals surface area contributed by atoms with E-state index >= 15 is 0 Å². The molecule has 1 aliphatic rings. The van der Waals surface area contributed by atoms with Crippen LogP contribution in [-0.2, 0) is 11.2 Å². The van der Waals surface area contributed by atoms with Gasteiger partial charge < -0.3 is 14.2 Å². The minimum absolute atomic E-state index is 0.0373. The average Bonchev–Trinajstić information content (AvgIpc) is 3.11. The van der Waals surface area contributed by atoms with Gasteiger partial charge in [0.05, 0.1) is 18.2 Å². The summed E-state index contributed by atoms with van der Waals surface area (Å²) in [5.41, 5.74) is 2.76. The molecule has 3 rings (SSSR count). The van der Waals surface area contributed by atoms with Crippen molar-refractivity contribution in [2.45, 2.75) is 13.3 Å². The lowest BCUT2D eigenvalue weighted by molar-refractivity contribution is -0.131. The van der Waals surface area contributed by atoms with Gasteiger partial charge in [0.25, 0.3) is 5.91 Å². The smallest absolute Gasteiger partial charge is 0.257 e. The summed E-state index contributed by atoms with van der Waals surface area (Å²) in [6.45, 7) is 4.29. The third-order valence-electron chi connectivity index (χ3n) is 4.29. The summed E-state index contributed by atoms with van der Waals surface area (Å²) in [6, 6.07) is 9.61. The van der Waals surface area contributed by atoms with E-state index in [1.54, 1.807) is 11.0 Å². The Bertz CT molecular complexity index is 686. The molecule has 1 aromatic heterocycles. The third-order valence-corrected chi connectivity index (χ3v) is 4.29. The molecule has 0 radical (unpaired) electrons. The van der Waals surface area contributed by atoms with Gasteiger partial charge in [-0.3, -0.25) is 9.59 Å². The van der Waals surface area contributed by atoms with E-state index in [4.69, 9.17) is 4.42 Å². The zero-order valence-electron chi connectivity index (χ0n) is 13.2. The molecule has 0 bridgehead atoms. The van der Waals surface area contributed by atoms with E-state index in [-0.39, 0.29) is 11.8 Å². The van der Waals surface area contributed by atoms with Crippen LogP contribution in [0.5, 0.6) is 0 Å². The highest BCUT2D eigenvalue weighted by molar-refractivity contribution is 5.94. The van der Waals surface area contributed by atoms with Crippen molar-refractivity contribution in [3.63, 3.8) is 0 Å². The number of carbonyl (C=O) groups excluding carboxylic acids is 2. The normalized spacial score (nSPS) is 14.8. The third kappa shape index (κ3) is 3.44. The van der Waals surface area contributed by atoms with Gasteiger partial charge in [-0.05, 0) is 24.1 Å². The van der Waals surface area contributed by atoms with E-state index in [0.29, 0.717) is 38.2 Å². The lowest BCUT2D eigenvalue weighted by atomic mass is 10.1. The minimum atomic E-state index is -0.0373. The van der Waals surface area contributed by atoms with Gasteiger partial charge in [-0.1, -0.05) is 24.3 Å². The number of nitrogens with zero attached hydrogens (tertiary/aromatic N) is 2. The van der Waals surface area contributed by atoms with Gasteiger partial charge in [0.2, 0.25) is 5.91 Å². The molecule has 2 amide bonds. The van der Waals surface area contributed by atoms with Gasteiger partial charge in [-0.15, -0.1) is 0 Å². The number of hydrogen-bond donors (Lipinski definition) is 0. The fourth-order valence-corrected chi connectivity index (χ4v) is 2.81. The zero-order chi connectivity index (χ0) is 16.2. The fourth-order valence-electron chi connectivity index (χ4n) is 2.81. The molecule has 5 heteroatoms. The average molecular weight is 312 g/mol. The Morgan fingerprint density at radius 1 is 1.04 bits per heavy atom. The van der Waals surface area contributed by atoms with Crippen LogP contribution in [0, 0.1) is 6.92 Å². The number of piperazine rings is 1. The molecular formula is C18H20N2O3. The predicted octanol–water partition coefficient (Wildman–Crippen LogP) is 2.12. The second-order valence-electron chi connectivity index (χ2n) is 5.79. The van der Waals surface area contributed by atoms with Crippen molar-refractivity contribution in [1.82, 2.24) is 9.80 Å². The number of amides is 2. The van der Waals surface area contributed by atoms with E-state index in [1.165, 1.54) is 12.5 Å². The first-order chi connectivity index (χ1) is 11.1. The number of benzene rings is 1. The second-order valence-corrected chi connectivity index (χ2v) is 5.79. The Balaban J connectivity index is 1.55. The number of aryl methyl sites for hydroxylation is 1. The Kier molecular flexibility index (Phi) is 4.46. The quantitative estimate of drug-likeness (QED) is 0.872. The Hall–Kier alpha value is -2.56.